The van der Waals surface area contributed by atoms with Gasteiger partial charge in [-0.15, -0.1) is 0 Å². The molecule has 2 amide bonds. The van der Waals surface area contributed by atoms with Gasteiger partial charge < -0.3 is 9.80 Å². The zero-order valence-corrected chi connectivity index (χ0v) is 9.77. The van der Waals surface area contributed by atoms with Crippen LogP contribution in [-0.2, 0) is 9.59 Å². The van der Waals surface area contributed by atoms with Gasteiger partial charge in [0, 0.05) is 20.0 Å². The van der Waals surface area contributed by atoms with Crippen LogP contribution >= 0.6 is 0 Å². The van der Waals surface area contributed by atoms with Crippen molar-refractivity contribution in [3.8, 4) is 0 Å². The van der Waals surface area contributed by atoms with Crippen LogP contribution in [0.2, 0.25) is 0 Å². The van der Waals surface area contributed by atoms with E-state index < -0.39 is 0 Å². The van der Waals surface area contributed by atoms with Crippen LogP contribution < -0.4 is 0 Å². The van der Waals surface area contributed by atoms with Crippen LogP contribution in [0.5, 0.6) is 0 Å². The summed E-state index contributed by atoms with van der Waals surface area (Å²) in [5.41, 5.74) is 0. The van der Waals surface area contributed by atoms with Gasteiger partial charge in [-0.05, 0) is 26.2 Å². The summed E-state index contributed by atoms with van der Waals surface area (Å²) in [5, 5.41) is 0. The summed E-state index contributed by atoms with van der Waals surface area (Å²) in [5.74, 6) is 0.0440. The molecule has 0 saturated heterocycles. The van der Waals surface area contributed by atoms with Gasteiger partial charge in [0.15, 0.2) is 0 Å². The number of rotatable bonds is 5. The van der Waals surface area contributed by atoms with Crippen molar-refractivity contribution in [3.63, 3.8) is 0 Å². The van der Waals surface area contributed by atoms with Crippen molar-refractivity contribution in [3.05, 3.63) is 25.6 Å². The van der Waals surface area contributed by atoms with Crippen LogP contribution in [-0.4, -0.2) is 35.2 Å². The predicted molar refractivity (Wildman–Crippen MR) is 61.9 cm³/mol. The van der Waals surface area contributed by atoms with Crippen molar-refractivity contribution in [1.29, 1.82) is 0 Å². The molecule has 0 fully saturated rings. The number of carbonyl (C=O) groups is 2. The van der Waals surface area contributed by atoms with Crippen LogP contribution in [0.25, 0.3) is 0 Å². The summed E-state index contributed by atoms with van der Waals surface area (Å²) >= 11 is 0. The Bertz CT molecular complexity index is 207. The van der Waals surface area contributed by atoms with Crippen molar-refractivity contribution in [2.75, 3.05) is 13.1 Å². The number of nitrogens with zero attached hydrogens (tertiary/aromatic N) is 2. The number of amides is 2. The van der Waals surface area contributed by atoms with E-state index in [1.807, 2.05) is 13.8 Å². The normalized spacial score (nSPS) is 7.93. The lowest BCUT2D eigenvalue weighted by molar-refractivity contribution is -0.126. The predicted octanol–water partition coefficient (Wildman–Crippen LogP) is 1.61. The fourth-order valence-corrected chi connectivity index (χ4v) is 0.727. The second-order valence-electron chi connectivity index (χ2n) is 2.61. The van der Waals surface area contributed by atoms with Gasteiger partial charge in [-0.25, -0.2) is 0 Å². The van der Waals surface area contributed by atoms with Gasteiger partial charge >= 0.3 is 0 Å². The quantitative estimate of drug-likeness (QED) is 0.649. The third kappa shape index (κ3) is 8.74. The second-order valence-corrected chi connectivity index (χ2v) is 2.61. The largest absolute Gasteiger partial charge is 0.323 e. The lowest BCUT2D eigenvalue weighted by Crippen LogP contribution is -2.21. The van der Waals surface area contributed by atoms with Crippen LogP contribution in [0.1, 0.15) is 20.8 Å². The Labute approximate surface area is 91.9 Å². The minimum atomic E-state index is 0.0440. The molecule has 86 valence electrons. The molecule has 0 N–H and O–H groups in total. The number of hydrogen-bond donors (Lipinski definition) is 0. The first kappa shape index (κ1) is 15.9. The van der Waals surface area contributed by atoms with E-state index in [-0.39, 0.29) is 5.91 Å². The Morgan fingerprint density at radius 1 is 1.20 bits per heavy atom. The first-order valence-electron chi connectivity index (χ1n) is 4.80. The summed E-state index contributed by atoms with van der Waals surface area (Å²) in [6.07, 6.45) is 3.77. The molecule has 0 bridgehead atoms. The van der Waals surface area contributed by atoms with Crippen LogP contribution in [0.15, 0.2) is 25.6 Å². The Hall–Kier alpha value is -1.58. The highest BCUT2D eigenvalue weighted by molar-refractivity contribution is 5.74. The molecule has 0 aliphatic carbocycles. The molecule has 0 spiro atoms. The highest BCUT2D eigenvalue weighted by atomic mass is 16.2. The van der Waals surface area contributed by atoms with Gasteiger partial charge in [-0.2, -0.15) is 0 Å². The molecule has 0 rings (SSSR count). The van der Waals surface area contributed by atoms with Gasteiger partial charge in [0.05, 0.1) is 0 Å². The molecule has 0 unspecified atom stereocenters. The molecule has 0 heterocycles. The summed E-state index contributed by atoms with van der Waals surface area (Å²) < 4.78 is 0. The highest BCUT2D eigenvalue weighted by Crippen LogP contribution is 1.85. The van der Waals surface area contributed by atoms with E-state index in [4.69, 9.17) is 0 Å². The first-order chi connectivity index (χ1) is 7.06. The highest BCUT2D eigenvalue weighted by Gasteiger charge is 1.96. The summed E-state index contributed by atoms with van der Waals surface area (Å²) in [6.45, 7) is 13.6. The lowest BCUT2D eigenvalue weighted by atomic mass is 10.5. The number of hydrogen-bond acceptors (Lipinski definition) is 2. The summed E-state index contributed by atoms with van der Waals surface area (Å²) in [4.78, 5) is 23.3. The standard InChI is InChI=1S/C6H11NO.C5H9NO/c1-4-7(5-2)6(3)8;1-3-6(4-2)5-7/h4H,1,5H2,2-3H3;3,5H,1,4H2,2H3. The first-order valence-corrected chi connectivity index (χ1v) is 4.80. The molecule has 0 aromatic carbocycles. The fourth-order valence-electron chi connectivity index (χ4n) is 0.727. The molecule has 0 radical (unpaired) electrons. The van der Waals surface area contributed by atoms with Crippen LogP contribution in [0.3, 0.4) is 0 Å². The van der Waals surface area contributed by atoms with Gasteiger partial charge in [-0.1, -0.05) is 13.2 Å². The Balaban J connectivity index is 0. The second kappa shape index (κ2) is 10.5. The molecular weight excluding hydrogens is 192 g/mol. The molecule has 0 aromatic rings. The maximum atomic E-state index is 10.5. The van der Waals surface area contributed by atoms with E-state index in [0.29, 0.717) is 13.1 Å². The molecule has 0 atom stereocenters. The smallest absolute Gasteiger partial charge is 0.223 e. The van der Waals surface area contributed by atoms with Gasteiger partial charge in [0.2, 0.25) is 12.3 Å². The maximum absolute atomic E-state index is 10.5. The molecule has 0 aliphatic heterocycles. The third-order valence-corrected chi connectivity index (χ3v) is 1.70. The van der Waals surface area contributed by atoms with E-state index in [2.05, 4.69) is 13.2 Å². The topological polar surface area (TPSA) is 40.6 Å². The van der Waals surface area contributed by atoms with Crippen LogP contribution in [0.4, 0.5) is 0 Å². The lowest BCUT2D eigenvalue weighted by Gasteiger charge is -2.10. The van der Waals surface area contributed by atoms with Crippen molar-refractivity contribution in [2.45, 2.75) is 20.8 Å². The molecular formula is C11H20N2O2. The molecule has 4 nitrogen and oxygen atoms in total. The van der Waals surface area contributed by atoms with E-state index in [1.54, 1.807) is 4.90 Å². The zero-order valence-electron chi connectivity index (χ0n) is 9.77. The molecule has 0 aliphatic rings. The van der Waals surface area contributed by atoms with Crippen molar-refractivity contribution < 1.29 is 9.59 Å². The SMILES string of the molecule is C=CN(C=O)CC.C=CN(CC)C(C)=O. The van der Waals surface area contributed by atoms with Crippen LogP contribution in [0, 0.1) is 0 Å². The minimum absolute atomic E-state index is 0.0440. The minimum Gasteiger partial charge on any atom is -0.323 e. The molecule has 0 aromatic heterocycles. The molecule has 0 saturated carbocycles. The zero-order chi connectivity index (χ0) is 12.3. The van der Waals surface area contributed by atoms with E-state index in [9.17, 15) is 9.59 Å². The maximum Gasteiger partial charge on any atom is 0.223 e. The average molecular weight is 212 g/mol. The average Bonchev–Trinajstić information content (AvgIpc) is 2.22. The Kier molecular flexibility index (Phi) is 11.1. The Morgan fingerprint density at radius 3 is 1.73 bits per heavy atom. The van der Waals surface area contributed by atoms with E-state index in [1.165, 1.54) is 24.2 Å². The van der Waals surface area contributed by atoms with Gasteiger partial charge in [0.1, 0.15) is 0 Å². The number of carbonyl (C=O) groups excluding carboxylic acids is 2. The molecule has 4 heteroatoms. The van der Waals surface area contributed by atoms with E-state index in [0.717, 1.165) is 6.41 Å². The Morgan fingerprint density at radius 2 is 1.73 bits per heavy atom. The molecule has 15 heavy (non-hydrogen) atoms. The van der Waals surface area contributed by atoms with Crippen molar-refractivity contribution >= 4 is 12.3 Å². The third-order valence-electron chi connectivity index (χ3n) is 1.70. The summed E-state index contributed by atoms with van der Waals surface area (Å²) in [6, 6.07) is 0. The van der Waals surface area contributed by atoms with Crippen molar-refractivity contribution in [2.24, 2.45) is 0 Å². The fraction of sp³-hybridized carbons (Fsp3) is 0.455. The monoisotopic (exact) mass is 212 g/mol. The van der Waals surface area contributed by atoms with Crippen molar-refractivity contribution in [1.82, 2.24) is 9.80 Å². The van der Waals surface area contributed by atoms with Gasteiger partial charge in [0.25, 0.3) is 0 Å². The van der Waals surface area contributed by atoms with E-state index >= 15 is 0 Å². The van der Waals surface area contributed by atoms with Gasteiger partial charge in [-0.3, -0.25) is 9.59 Å². The summed E-state index contributed by atoms with van der Waals surface area (Å²) in [7, 11) is 0.